The maximum Gasteiger partial charge on any atom is 0.227 e. The molecule has 1 saturated heterocycles. The van der Waals surface area contributed by atoms with E-state index in [-0.39, 0.29) is 0 Å². The molecule has 2 aliphatic heterocycles. The Morgan fingerprint density at radius 3 is 2.57 bits per heavy atom. The van der Waals surface area contributed by atoms with Gasteiger partial charge >= 0.3 is 0 Å². The van der Waals surface area contributed by atoms with E-state index in [2.05, 4.69) is 57.1 Å². The summed E-state index contributed by atoms with van der Waals surface area (Å²) in [7, 11) is 2.11. The third-order valence-electron chi connectivity index (χ3n) is 4.81. The monoisotopic (exact) mass is 309 g/mol. The molecule has 4 rings (SSSR count). The van der Waals surface area contributed by atoms with E-state index in [9.17, 15) is 0 Å². The quantitative estimate of drug-likeness (QED) is 0.864. The Kier molecular flexibility index (Phi) is 3.87. The number of rotatable bonds is 3. The average Bonchev–Trinajstić information content (AvgIpc) is 2.97. The summed E-state index contributed by atoms with van der Waals surface area (Å²) in [5, 5.41) is 0. The first-order valence-electron chi connectivity index (χ1n) is 8.38. The largest absolute Gasteiger partial charge is 0.359 e. The number of benzene rings is 1. The van der Waals surface area contributed by atoms with E-state index in [1.807, 2.05) is 6.20 Å². The minimum Gasteiger partial charge on any atom is -0.359 e. The first-order valence-corrected chi connectivity index (χ1v) is 8.38. The fourth-order valence-electron chi connectivity index (χ4n) is 3.39. The molecular formula is C18H23N5. The minimum atomic E-state index is 0.886. The van der Waals surface area contributed by atoms with Gasteiger partial charge in [-0.3, -0.25) is 4.90 Å². The van der Waals surface area contributed by atoms with Crippen LogP contribution >= 0.6 is 0 Å². The Morgan fingerprint density at radius 2 is 1.78 bits per heavy atom. The number of anilines is 2. The smallest absolute Gasteiger partial charge is 0.227 e. The normalized spacial score (nSPS) is 18.3. The summed E-state index contributed by atoms with van der Waals surface area (Å²) in [4.78, 5) is 16.4. The Hall–Kier alpha value is -2.14. The van der Waals surface area contributed by atoms with Crippen LogP contribution in [0.5, 0.6) is 0 Å². The standard InChI is InChI=1S/C18H23N5/c1-21-8-7-16-13-19-18(20-17(16)21)23-11-9-22(10-12-23)14-15-5-3-2-4-6-15/h2-6,13H,7-12,14H2,1H3. The molecule has 2 aliphatic rings. The van der Waals surface area contributed by atoms with Crippen molar-refractivity contribution in [1.29, 1.82) is 0 Å². The van der Waals surface area contributed by atoms with E-state index >= 15 is 0 Å². The molecule has 1 fully saturated rings. The van der Waals surface area contributed by atoms with Crippen molar-refractivity contribution in [2.75, 3.05) is 49.6 Å². The van der Waals surface area contributed by atoms with E-state index in [1.54, 1.807) is 0 Å². The van der Waals surface area contributed by atoms with Gasteiger partial charge in [-0.15, -0.1) is 0 Å². The Morgan fingerprint density at radius 1 is 1.00 bits per heavy atom. The maximum atomic E-state index is 4.79. The molecule has 1 aromatic carbocycles. The zero-order valence-electron chi connectivity index (χ0n) is 13.6. The van der Waals surface area contributed by atoms with Gasteiger partial charge in [0.2, 0.25) is 5.95 Å². The van der Waals surface area contributed by atoms with Gasteiger partial charge in [0.15, 0.2) is 0 Å². The van der Waals surface area contributed by atoms with Crippen LogP contribution in [-0.4, -0.2) is 54.6 Å². The van der Waals surface area contributed by atoms with Crippen LogP contribution < -0.4 is 9.80 Å². The van der Waals surface area contributed by atoms with Crippen molar-refractivity contribution in [3.63, 3.8) is 0 Å². The zero-order valence-corrected chi connectivity index (χ0v) is 13.6. The van der Waals surface area contributed by atoms with Crippen LogP contribution in [-0.2, 0) is 13.0 Å². The molecule has 2 aromatic rings. The summed E-state index contributed by atoms with van der Waals surface area (Å²) in [6, 6.07) is 10.7. The van der Waals surface area contributed by atoms with E-state index in [4.69, 9.17) is 4.98 Å². The fraction of sp³-hybridized carbons (Fsp3) is 0.444. The summed E-state index contributed by atoms with van der Waals surface area (Å²) in [5.41, 5.74) is 2.66. The lowest BCUT2D eigenvalue weighted by molar-refractivity contribution is 0.248. The number of hydrogen-bond acceptors (Lipinski definition) is 5. The van der Waals surface area contributed by atoms with E-state index in [0.29, 0.717) is 0 Å². The Bertz CT molecular complexity index is 664. The van der Waals surface area contributed by atoms with Gasteiger partial charge in [-0.2, -0.15) is 4.98 Å². The lowest BCUT2D eigenvalue weighted by atomic mass is 10.2. The molecule has 0 bridgehead atoms. The van der Waals surface area contributed by atoms with Crippen LogP contribution in [0.15, 0.2) is 36.5 Å². The number of hydrogen-bond donors (Lipinski definition) is 0. The van der Waals surface area contributed by atoms with E-state index in [1.165, 1.54) is 11.1 Å². The van der Waals surface area contributed by atoms with Gasteiger partial charge in [-0.05, 0) is 12.0 Å². The van der Waals surface area contributed by atoms with Crippen molar-refractivity contribution >= 4 is 11.8 Å². The van der Waals surface area contributed by atoms with Crippen LogP contribution in [0.3, 0.4) is 0 Å². The molecule has 0 spiro atoms. The van der Waals surface area contributed by atoms with Crippen LogP contribution in [0.4, 0.5) is 11.8 Å². The van der Waals surface area contributed by atoms with Gasteiger partial charge < -0.3 is 9.80 Å². The number of fused-ring (bicyclic) bond motifs is 1. The second-order valence-corrected chi connectivity index (χ2v) is 6.44. The summed E-state index contributed by atoms with van der Waals surface area (Å²) < 4.78 is 0. The third kappa shape index (κ3) is 3.01. The molecule has 1 aromatic heterocycles. The average molecular weight is 309 g/mol. The Balaban J connectivity index is 1.39. The lowest BCUT2D eigenvalue weighted by Crippen LogP contribution is -2.46. The van der Waals surface area contributed by atoms with Gasteiger partial charge in [-0.1, -0.05) is 30.3 Å². The molecule has 0 atom stereocenters. The number of piperazine rings is 1. The second kappa shape index (κ2) is 6.16. The van der Waals surface area contributed by atoms with Gasteiger partial charge in [0.25, 0.3) is 0 Å². The summed E-state index contributed by atoms with van der Waals surface area (Å²) in [6.45, 7) is 6.20. The van der Waals surface area contributed by atoms with Crippen molar-refractivity contribution in [2.24, 2.45) is 0 Å². The molecule has 0 N–H and O–H groups in total. The van der Waals surface area contributed by atoms with Crippen LogP contribution in [0.1, 0.15) is 11.1 Å². The highest BCUT2D eigenvalue weighted by Crippen LogP contribution is 2.25. The van der Waals surface area contributed by atoms with Crippen LogP contribution in [0, 0.1) is 0 Å². The van der Waals surface area contributed by atoms with Crippen molar-refractivity contribution in [2.45, 2.75) is 13.0 Å². The molecule has 120 valence electrons. The maximum absolute atomic E-state index is 4.79. The fourth-order valence-corrected chi connectivity index (χ4v) is 3.39. The molecule has 0 unspecified atom stereocenters. The number of aromatic nitrogens is 2. The van der Waals surface area contributed by atoms with Crippen molar-refractivity contribution < 1.29 is 0 Å². The molecule has 0 amide bonds. The molecule has 0 aliphatic carbocycles. The molecule has 23 heavy (non-hydrogen) atoms. The molecular weight excluding hydrogens is 286 g/mol. The van der Waals surface area contributed by atoms with Crippen LogP contribution in [0.25, 0.3) is 0 Å². The molecule has 0 saturated carbocycles. The predicted octanol–water partition coefficient (Wildman–Crippen LogP) is 1.79. The second-order valence-electron chi connectivity index (χ2n) is 6.44. The Labute approximate surface area is 137 Å². The molecule has 5 heteroatoms. The predicted molar refractivity (Wildman–Crippen MR) is 92.9 cm³/mol. The topological polar surface area (TPSA) is 35.5 Å². The first-order chi connectivity index (χ1) is 11.3. The number of likely N-dealkylation sites (N-methyl/N-ethyl adjacent to an activating group) is 1. The van der Waals surface area contributed by atoms with Crippen molar-refractivity contribution in [3.8, 4) is 0 Å². The van der Waals surface area contributed by atoms with Crippen LogP contribution in [0.2, 0.25) is 0 Å². The van der Waals surface area contributed by atoms with Crippen molar-refractivity contribution in [3.05, 3.63) is 47.7 Å². The van der Waals surface area contributed by atoms with Gasteiger partial charge in [0.05, 0.1) is 0 Å². The third-order valence-corrected chi connectivity index (χ3v) is 4.81. The minimum absolute atomic E-state index is 0.886. The highest BCUT2D eigenvalue weighted by atomic mass is 15.3. The highest BCUT2D eigenvalue weighted by molar-refractivity contribution is 5.53. The van der Waals surface area contributed by atoms with E-state index in [0.717, 1.165) is 57.5 Å². The van der Waals surface area contributed by atoms with Gasteiger partial charge in [0.1, 0.15) is 5.82 Å². The summed E-state index contributed by atoms with van der Waals surface area (Å²) in [6.07, 6.45) is 3.08. The number of nitrogens with zero attached hydrogens (tertiary/aromatic N) is 5. The molecule has 3 heterocycles. The molecule has 5 nitrogen and oxygen atoms in total. The summed E-state index contributed by atoms with van der Waals surface area (Å²) in [5.74, 6) is 2.00. The van der Waals surface area contributed by atoms with Gasteiger partial charge in [-0.25, -0.2) is 4.98 Å². The first kappa shape index (κ1) is 14.5. The summed E-state index contributed by atoms with van der Waals surface area (Å²) >= 11 is 0. The molecule has 0 radical (unpaired) electrons. The van der Waals surface area contributed by atoms with E-state index < -0.39 is 0 Å². The zero-order chi connectivity index (χ0) is 15.6. The SMILES string of the molecule is CN1CCc2cnc(N3CCN(Cc4ccccc4)CC3)nc21. The van der Waals surface area contributed by atoms with Crippen molar-refractivity contribution in [1.82, 2.24) is 14.9 Å². The highest BCUT2D eigenvalue weighted by Gasteiger charge is 2.23. The van der Waals surface area contributed by atoms with Gasteiger partial charge in [0, 0.05) is 58.1 Å². The lowest BCUT2D eigenvalue weighted by Gasteiger charge is -2.35.